The molecule has 0 aromatic heterocycles. The van der Waals surface area contributed by atoms with Crippen LogP contribution in [0.25, 0.3) is 11.1 Å². The number of hydrogen-bond donors (Lipinski definition) is 3. The summed E-state index contributed by atoms with van der Waals surface area (Å²) in [7, 11) is 0. The monoisotopic (exact) mass is 457 g/mol. The molecule has 1 fully saturated rings. The maximum absolute atomic E-state index is 12.7. The maximum Gasteiger partial charge on any atom is 0.326 e. The van der Waals surface area contributed by atoms with E-state index in [1.165, 1.54) is 4.90 Å². The Kier molecular flexibility index (Phi) is 6.63. The van der Waals surface area contributed by atoms with E-state index in [-0.39, 0.29) is 11.9 Å². The van der Waals surface area contributed by atoms with Gasteiger partial charge in [0, 0.05) is 23.5 Å². The number of aryl methyl sites for hydroxylation is 2. The standard InChI is InChI=1S/C27H27N3O4/c1-17-5-3-6-18(2)24(17)29-27(34)28-22-14-12-20(13-15-22)19-8-10-21(11-9-19)25(31)30-16-4-7-23(30)26(32)33/h3,5-6,8-15,23H,4,7,16H2,1-2H3,(H,32,33)(H2,28,29,34)/t23-/m0/s1. The number of carboxylic acid groups (broad SMARTS) is 1. The summed E-state index contributed by atoms with van der Waals surface area (Å²) in [5.74, 6) is -1.22. The molecule has 0 spiro atoms. The number of nitrogens with one attached hydrogen (secondary N) is 2. The summed E-state index contributed by atoms with van der Waals surface area (Å²) in [6, 6.07) is 19.3. The average Bonchev–Trinajstić information content (AvgIpc) is 3.32. The number of carboxylic acids is 1. The van der Waals surface area contributed by atoms with E-state index in [4.69, 9.17) is 0 Å². The molecular formula is C27H27N3O4. The van der Waals surface area contributed by atoms with Crippen molar-refractivity contribution in [2.45, 2.75) is 32.7 Å². The molecule has 0 radical (unpaired) electrons. The number of likely N-dealkylation sites (tertiary alicyclic amines) is 1. The molecule has 3 N–H and O–H groups in total. The second-order valence-corrected chi connectivity index (χ2v) is 8.50. The van der Waals surface area contributed by atoms with Crippen LogP contribution in [0.5, 0.6) is 0 Å². The molecule has 1 saturated heterocycles. The summed E-state index contributed by atoms with van der Waals surface area (Å²) >= 11 is 0. The van der Waals surface area contributed by atoms with Crippen LogP contribution < -0.4 is 10.6 Å². The molecule has 1 atom stereocenters. The van der Waals surface area contributed by atoms with Gasteiger partial charge in [-0.2, -0.15) is 0 Å². The Morgan fingerprint density at radius 1 is 0.853 bits per heavy atom. The van der Waals surface area contributed by atoms with Gasteiger partial charge in [-0.3, -0.25) is 4.79 Å². The third-order valence-electron chi connectivity index (χ3n) is 6.13. The maximum atomic E-state index is 12.7. The lowest BCUT2D eigenvalue weighted by molar-refractivity contribution is -0.141. The van der Waals surface area contributed by atoms with Gasteiger partial charge in [0.25, 0.3) is 5.91 Å². The minimum Gasteiger partial charge on any atom is -0.480 e. The van der Waals surface area contributed by atoms with Crippen molar-refractivity contribution in [2.75, 3.05) is 17.2 Å². The van der Waals surface area contributed by atoms with E-state index in [1.54, 1.807) is 12.1 Å². The van der Waals surface area contributed by atoms with Crippen LogP contribution in [-0.4, -0.2) is 40.5 Å². The molecule has 7 heteroatoms. The molecule has 1 heterocycles. The van der Waals surface area contributed by atoms with Crippen LogP contribution in [0.3, 0.4) is 0 Å². The van der Waals surface area contributed by atoms with Gasteiger partial charge in [0.05, 0.1) is 0 Å². The normalized spacial score (nSPS) is 15.1. The van der Waals surface area contributed by atoms with Crippen LogP contribution >= 0.6 is 0 Å². The summed E-state index contributed by atoms with van der Waals surface area (Å²) in [6.07, 6.45) is 1.19. The zero-order valence-corrected chi connectivity index (χ0v) is 19.2. The van der Waals surface area contributed by atoms with Crippen molar-refractivity contribution in [1.29, 1.82) is 0 Å². The lowest BCUT2D eigenvalue weighted by Crippen LogP contribution is -2.40. The van der Waals surface area contributed by atoms with Crippen molar-refractivity contribution in [3.63, 3.8) is 0 Å². The van der Waals surface area contributed by atoms with Gasteiger partial charge in [0.2, 0.25) is 0 Å². The average molecular weight is 458 g/mol. The van der Waals surface area contributed by atoms with Gasteiger partial charge in [-0.05, 0) is 73.2 Å². The second kappa shape index (κ2) is 9.79. The quantitative estimate of drug-likeness (QED) is 0.484. The van der Waals surface area contributed by atoms with Gasteiger partial charge in [0.1, 0.15) is 6.04 Å². The van der Waals surface area contributed by atoms with Crippen molar-refractivity contribution < 1.29 is 19.5 Å². The van der Waals surface area contributed by atoms with Crippen molar-refractivity contribution in [2.24, 2.45) is 0 Å². The predicted molar refractivity (Wildman–Crippen MR) is 132 cm³/mol. The molecule has 34 heavy (non-hydrogen) atoms. The Labute approximate surface area is 198 Å². The van der Waals surface area contributed by atoms with E-state index >= 15 is 0 Å². The third kappa shape index (κ3) is 4.93. The summed E-state index contributed by atoms with van der Waals surface area (Å²) in [5.41, 5.74) is 5.77. The van der Waals surface area contributed by atoms with Crippen LogP contribution in [0.4, 0.5) is 16.2 Å². The SMILES string of the molecule is Cc1cccc(C)c1NC(=O)Nc1ccc(-c2ccc(C(=O)N3CCC[C@H]3C(=O)O)cc2)cc1. The van der Waals surface area contributed by atoms with Gasteiger partial charge in [-0.1, -0.05) is 42.5 Å². The lowest BCUT2D eigenvalue weighted by Gasteiger charge is -2.21. The molecule has 0 bridgehead atoms. The number of para-hydroxylation sites is 1. The van der Waals surface area contributed by atoms with E-state index < -0.39 is 12.0 Å². The van der Waals surface area contributed by atoms with E-state index in [1.807, 2.05) is 68.4 Å². The Hall–Kier alpha value is -4.13. The smallest absolute Gasteiger partial charge is 0.326 e. The summed E-state index contributed by atoms with van der Waals surface area (Å²) < 4.78 is 0. The Morgan fingerprint density at radius 3 is 2.03 bits per heavy atom. The van der Waals surface area contributed by atoms with Crippen LogP contribution in [-0.2, 0) is 4.79 Å². The first kappa shape index (κ1) is 23.0. The highest BCUT2D eigenvalue weighted by atomic mass is 16.4. The molecule has 174 valence electrons. The van der Waals surface area contributed by atoms with Gasteiger partial charge in [-0.15, -0.1) is 0 Å². The fourth-order valence-electron chi connectivity index (χ4n) is 4.27. The molecule has 3 aromatic rings. The molecule has 1 aliphatic heterocycles. The number of aliphatic carboxylic acids is 1. The lowest BCUT2D eigenvalue weighted by atomic mass is 10.0. The largest absolute Gasteiger partial charge is 0.480 e. The second-order valence-electron chi connectivity index (χ2n) is 8.50. The molecule has 3 amide bonds. The van der Waals surface area contributed by atoms with Crippen LogP contribution in [0.2, 0.25) is 0 Å². The highest BCUT2D eigenvalue weighted by Crippen LogP contribution is 2.25. The van der Waals surface area contributed by atoms with E-state index in [0.29, 0.717) is 30.6 Å². The minimum atomic E-state index is -0.959. The predicted octanol–water partition coefficient (Wildman–Crippen LogP) is 5.30. The molecule has 0 unspecified atom stereocenters. The number of carbonyl (C=O) groups is 3. The number of urea groups is 1. The number of hydrogen-bond acceptors (Lipinski definition) is 3. The molecule has 3 aromatic carbocycles. The van der Waals surface area contributed by atoms with Crippen molar-refractivity contribution in [1.82, 2.24) is 4.90 Å². The van der Waals surface area contributed by atoms with E-state index in [9.17, 15) is 19.5 Å². The Morgan fingerprint density at radius 2 is 1.44 bits per heavy atom. The van der Waals surface area contributed by atoms with E-state index in [2.05, 4.69) is 10.6 Å². The number of amides is 3. The van der Waals surface area contributed by atoms with Gasteiger partial charge >= 0.3 is 12.0 Å². The number of nitrogens with zero attached hydrogens (tertiary/aromatic N) is 1. The topological polar surface area (TPSA) is 98.7 Å². The van der Waals surface area contributed by atoms with Gasteiger partial charge in [-0.25, -0.2) is 9.59 Å². The first-order valence-corrected chi connectivity index (χ1v) is 11.2. The molecular weight excluding hydrogens is 430 g/mol. The molecule has 7 nitrogen and oxygen atoms in total. The summed E-state index contributed by atoms with van der Waals surface area (Å²) in [4.78, 5) is 38.0. The summed E-state index contributed by atoms with van der Waals surface area (Å²) in [6.45, 7) is 4.36. The zero-order chi connectivity index (χ0) is 24.2. The number of rotatable bonds is 5. The zero-order valence-electron chi connectivity index (χ0n) is 19.2. The van der Waals surface area contributed by atoms with Crippen molar-refractivity contribution >= 4 is 29.3 Å². The Balaban J connectivity index is 1.40. The minimum absolute atomic E-state index is 0.258. The fraction of sp³-hybridized carbons (Fsp3) is 0.222. The summed E-state index contributed by atoms with van der Waals surface area (Å²) in [5, 5.41) is 15.1. The molecule has 1 aliphatic rings. The van der Waals surface area contributed by atoms with Crippen LogP contribution in [0, 0.1) is 13.8 Å². The molecule has 0 aliphatic carbocycles. The fourth-order valence-corrected chi connectivity index (χ4v) is 4.27. The van der Waals surface area contributed by atoms with Crippen molar-refractivity contribution in [3.8, 4) is 11.1 Å². The number of benzene rings is 3. The first-order chi connectivity index (χ1) is 16.3. The Bertz CT molecular complexity index is 1200. The van der Waals surface area contributed by atoms with Crippen molar-refractivity contribution in [3.05, 3.63) is 83.4 Å². The highest BCUT2D eigenvalue weighted by molar-refractivity contribution is 6.01. The van der Waals surface area contributed by atoms with Gasteiger partial charge in [0.15, 0.2) is 0 Å². The molecule has 4 rings (SSSR count). The highest BCUT2D eigenvalue weighted by Gasteiger charge is 2.34. The molecule has 0 saturated carbocycles. The third-order valence-corrected chi connectivity index (χ3v) is 6.13. The van der Waals surface area contributed by atoms with Crippen LogP contribution in [0.15, 0.2) is 66.7 Å². The first-order valence-electron chi connectivity index (χ1n) is 11.2. The van der Waals surface area contributed by atoms with E-state index in [0.717, 1.165) is 27.9 Å². The number of carbonyl (C=O) groups excluding carboxylic acids is 2. The number of anilines is 2. The van der Waals surface area contributed by atoms with Crippen LogP contribution in [0.1, 0.15) is 34.3 Å². The van der Waals surface area contributed by atoms with Gasteiger partial charge < -0.3 is 20.6 Å².